The van der Waals surface area contributed by atoms with Crippen molar-refractivity contribution < 1.29 is 18.4 Å². The Hall–Kier alpha value is -3.29. The summed E-state index contributed by atoms with van der Waals surface area (Å²) in [6.07, 6.45) is 3.87. The van der Waals surface area contributed by atoms with Gasteiger partial charge in [0.15, 0.2) is 0 Å². The number of rotatable bonds is 5. The van der Waals surface area contributed by atoms with E-state index in [1.54, 1.807) is 11.9 Å². The molecule has 8 heteroatoms. The maximum atomic E-state index is 13.2. The zero-order valence-electron chi connectivity index (χ0n) is 17.2. The molecule has 0 aliphatic carbocycles. The van der Waals surface area contributed by atoms with Gasteiger partial charge in [-0.3, -0.25) is 14.2 Å². The molecule has 0 spiro atoms. The van der Waals surface area contributed by atoms with Gasteiger partial charge in [-0.15, -0.1) is 0 Å². The van der Waals surface area contributed by atoms with E-state index in [-0.39, 0.29) is 30.1 Å². The van der Waals surface area contributed by atoms with Crippen LogP contribution in [-0.2, 0) is 11.3 Å². The first-order valence-electron chi connectivity index (χ1n) is 10.3. The summed E-state index contributed by atoms with van der Waals surface area (Å²) in [7, 11) is 1.58. The Labute approximate surface area is 179 Å². The predicted octanol–water partition coefficient (Wildman–Crippen LogP) is 3.94. The highest BCUT2D eigenvalue weighted by molar-refractivity contribution is 6.07. The molecule has 31 heavy (non-hydrogen) atoms. The molecule has 4 rings (SSSR count). The van der Waals surface area contributed by atoms with Crippen molar-refractivity contribution in [3.05, 3.63) is 66.2 Å². The van der Waals surface area contributed by atoms with Gasteiger partial charge in [-0.2, -0.15) is 8.78 Å². The van der Waals surface area contributed by atoms with Crippen molar-refractivity contribution in [1.82, 2.24) is 19.4 Å². The van der Waals surface area contributed by atoms with Crippen LogP contribution in [-0.4, -0.2) is 51.3 Å². The minimum Gasteiger partial charge on any atom is -0.338 e. The molecule has 0 bridgehead atoms. The largest absolute Gasteiger partial charge is 0.338 e. The molecule has 1 aromatic heterocycles. The number of aromatic nitrogens is 2. The summed E-state index contributed by atoms with van der Waals surface area (Å²) in [5, 5.41) is 1.88. The predicted molar refractivity (Wildman–Crippen MR) is 113 cm³/mol. The molecule has 2 aromatic carbocycles. The van der Waals surface area contributed by atoms with E-state index in [2.05, 4.69) is 4.98 Å². The van der Waals surface area contributed by atoms with Crippen molar-refractivity contribution in [2.24, 2.45) is 5.92 Å². The molecule has 1 atom stereocenters. The summed E-state index contributed by atoms with van der Waals surface area (Å²) in [6.45, 7) is -1.81. The Balaban J connectivity index is 1.47. The summed E-state index contributed by atoms with van der Waals surface area (Å²) in [5.41, 5.74) is 0.624. The third-order valence-electron chi connectivity index (χ3n) is 5.79. The monoisotopic (exact) mass is 426 g/mol. The molecular formula is C23H24F2N4O2. The minimum atomic E-state index is -2.70. The van der Waals surface area contributed by atoms with E-state index < -0.39 is 6.55 Å². The van der Waals surface area contributed by atoms with Crippen LogP contribution < -0.4 is 0 Å². The molecule has 0 radical (unpaired) electrons. The second kappa shape index (κ2) is 8.83. The summed E-state index contributed by atoms with van der Waals surface area (Å²) < 4.78 is 26.9. The van der Waals surface area contributed by atoms with Gasteiger partial charge in [0.1, 0.15) is 5.82 Å². The molecule has 0 saturated carbocycles. The topological polar surface area (TPSA) is 58.4 Å². The number of alkyl halides is 2. The van der Waals surface area contributed by atoms with Gasteiger partial charge in [0.05, 0.1) is 12.5 Å². The number of likely N-dealkylation sites (tertiary alicyclic amines) is 1. The smallest absolute Gasteiger partial charge is 0.319 e. The van der Waals surface area contributed by atoms with Gasteiger partial charge in [-0.1, -0.05) is 36.4 Å². The molecule has 6 nitrogen and oxygen atoms in total. The van der Waals surface area contributed by atoms with Crippen molar-refractivity contribution >= 4 is 22.6 Å². The van der Waals surface area contributed by atoms with E-state index in [0.717, 1.165) is 15.3 Å². The maximum absolute atomic E-state index is 13.2. The van der Waals surface area contributed by atoms with Crippen molar-refractivity contribution in [3.63, 3.8) is 0 Å². The molecule has 0 N–H and O–H groups in total. The lowest BCUT2D eigenvalue weighted by Crippen LogP contribution is -2.46. The lowest BCUT2D eigenvalue weighted by molar-refractivity contribution is -0.136. The van der Waals surface area contributed by atoms with E-state index in [0.29, 0.717) is 31.5 Å². The average molecular weight is 426 g/mol. The molecule has 1 fully saturated rings. The highest BCUT2D eigenvalue weighted by Gasteiger charge is 2.31. The van der Waals surface area contributed by atoms with Gasteiger partial charge in [0.25, 0.3) is 5.91 Å². The van der Waals surface area contributed by atoms with Crippen LogP contribution >= 0.6 is 0 Å². The highest BCUT2D eigenvalue weighted by atomic mass is 19.3. The van der Waals surface area contributed by atoms with Crippen LogP contribution in [0.5, 0.6) is 0 Å². The number of hydrogen-bond acceptors (Lipinski definition) is 3. The summed E-state index contributed by atoms with van der Waals surface area (Å²) >= 11 is 0. The van der Waals surface area contributed by atoms with Crippen LogP contribution in [0.25, 0.3) is 10.8 Å². The number of nitrogens with zero attached hydrogens (tertiary/aromatic N) is 4. The lowest BCUT2D eigenvalue weighted by atomic mass is 9.95. The molecular weight excluding hydrogens is 402 g/mol. The van der Waals surface area contributed by atoms with E-state index in [1.807, 2.05) is 42.5 Å². The quantitative estimate of drug-likeness (QED) is 0.621. The Kier molecular flexibility index (Phi) is 5.97. The Morgan fingerprint density at radius 1 is 1.19 bits per heavy atom. The maximum Gasteiger partial charge on any atom is 0.319 e. The van der Waals surface area contributed by atoms with Crippen LogP contribution in [0.15, 0.2) is 54.9 Å². The molecule has 2 amide bonds. The fourth-order valence-corrected chi connectivity index (χ4v) is 4.19. The van der Waals surface area contributed by atoms with E-state index in [4.69, 9.17) is 0 Å². The first-order chi connectivity index (χ1) is 15.0. The third kappa shape index (κ3) is 4.28. The number of benzene rings is 2. The Morgan fingerprint density at radius 3 is 2.77 bits per heavy atom. The first-order valence-corrected chi connectivity index (χ1v) is 10.3. The molecule has 3 aromatic rings. The van der Waals surface area contributed by atoms with Gasteiger partial charge in [-0.05, 0) is 29.7 Å². The normalized spacial score (nSPS) is 16.6. The average Bonchev–Trinajstić information content (AvgIpc) is 3.26. The van der Waals surface area contributed by atoms with E-state index in [9.17, 15) is 18.4 Å². The standard InChI is InChI=1S/C23H24F2N4O2/c1-27(15-20-26-11-13-29(20)23(24)25)21(30)17-8-5-12-28(14-17)22(31)19-10-4-7-16-6-2-3-9-18(16)19/h2-4,6-7,9-11,13,17,23H,5,8,12,14-15H2,1H3/t17-/m0/s1. The summed E-state index contributed by atoms with van der Waals surface area (Å²) in [4.78, 5) is 33.3. The van der Waals surface area contributed by atoms with Crippen LogP contribution in [0.4, 0.5) is 8.78 Å². The molecule has 1 aliphatic rings. The van der Waals surface area contributed by atoms with Gasteiger partial charge >= 0.3 is 6.55 Å². The number of carbonyl (C=O) groups excluding carboxylic acids is 2. The van der Waals surface area contributed by atoms with Gasteiger partial charge in [0.2, 0.25) is 5.91 Å². The van der Waals surface area contributed by atoms with Crippen molar-refractivity contribution in [1.29, 1.82) is 0 Å². The minimum absolute atomic E-state index is 0.00998. The number of fused-ring (bicyclic) bond motifs is 1. The van der Waals surface area contributed by atoms with E-state index in [1.165, 1.54) is 17.3 Å². The summed E-state index contributed by atoms with van der Waals surface area (Å²) in [5.74, 6) is -0.498. The van der Waals surface area contributed by atoms with Crippen molar-refractivity contribution in [2.45, 2.75) is 25.9 Å². The van der Waals surface area contributed by atoms with Gasteiger partial charge in [0, 0.05) is 38.1 Å². The molecule has 2 heterocycles. The molecule has 1 aliphatic heterocycles. The molecule has 162 valence electrons. The van der Waals surface area contributed by atoms with Crippen molar-refractivity contribution in [3.8, 4) is 0 Å². The second-order valence-corrected chi connectivity index (χ2v) is 7.84. The van der Waals surface area contributed by atoms with Gasteiger partial charge < -0.3 is 9.80 Å². The Morgan fingerprint density at radius 2 is 1.97 bits per heavy atom. The highest BCUT2D eigenvalue weighted by Crippen LogP contribution is 2.25. The number of amides is 2. The zero-order chi connectivity index (χ0) is 22.0. The zero-order valence-corrected chi connectivity index (χ0v) is 17.2. The molecule has 1 saturated heterocycles. The first kappa shape index (κ1) is 21.0. The fraction of sp³-hybridized carbons (Fsp3) is 0.348. The Bertz CT molecular complexity index is 1090. The number of carbonyl (C=O) groups is 2. The number of piperidine rings is 1. The van der Waals surface area contributed by atoms with Crippen LogP contribution in [0, 0.1) is 5.92 Å². The summed E-state index contributed by atoms with van der Waals surface area (Å²) in [6, 6.07) is 13.4. The SMILES string of the molecule is CN(Cc1nccn1C(F)F)C(=O)[C@H]1CCCN(C(=O)c2cccc3ccccc23)C1. The van der Waals surface area contributed by atoms with Crippen molar-refractivity contribution in [2.75, 3.05) is 20.1 Å². The van der Waals surface area contributed by atoms with Crippen LogP contribution in [0.1, 0.15) is 35.6 Å². The van der Waals surface area contributed by atoms with Crippen LogP contribution in [0.3, 0.4) is 0 Å². The lowest BCUT2D eigenvalue weighted by Gasteiger charge is -2.34. The van der Waals surface area contributed by atoms with E-state index >= 15 is 0 Å². The van der Waals surface area contributed by atoms with Gasteiger partial charge in [-0.25, -0.2) is 4.98 Å². The molecule has 0 unspecified atom stereocenters. The number of imidazole rings is 1. The number of halogens is 2. The number of hydrogen-bond donors (Lipinski definition) is 0. The second-order valence-electron chi connectivity index (χ2n) is 7.84. The fourth-order valence-electron chi connectivity index (χ4n) is 4.19. The third-order valence-corrected chi connectivity index (χ3v) is 5.79. The van der Waals surface area contributed by atoms with Crippen LogP contribution in [0.2, 0.25) is 0 Å².